The van der Waals surface area contributed by atoms with E-state index in [1.165, 1.54) is 0 Å². The van der Waals surface area contributed by atoms with Gasteiger partial charge in [-0.1, -0.05) is 35.0 Å². The SMILES string of the molecule is Nc1c(Sc2ccc(Cl)c(Cl)c2)ccc2ncccc12. The van der Waals surface area contributed by atoms with Crippen molar-refractivity contribution in [1.82, 2.24) is 4.98 Å². The van der Waals surface area contributed by atoms with Gasteiger partial charge in [0.25, 0.3) is 0 Å². The largest absolute Gasteiger partial charge is 0.397 e. The standard InChI is InChI=1S/C15H10Cl2N2S/c16-11-4-3-9(8-12(11)17)20-14-6-5-13-10(15(14)18)2-1-7-19-13/h1-8H,18H2. The maximum absolute atomic E-state index is 6.21. The molecule has 0 saturated heterocycles. The van der Waals surface area contributed by atoms with Crippen molar-refractivity contribution >= 4 is 51.6 Å². The zero-order valence-corrected chi connectivity index (χ0v) is 12.6. The highest BCUT2D eigenvalue weighted by Crippen LogP contribution is 2.37. The van der Waals surface area contributed by atoms with Gasteiger partial charge in [-0.25, -0.2) is 0 Å². The van der Waals surface area contributed by atoms with E-state index in [9.17, 15) is 0 Å². The van der Waals surface area contributed by atoms with Gasteiger partial charge in [0, 0.05) is 21.4 Å². The number of aromatic nitrogens is 1. The second kappa shape index (κ2) is 5.52. The van der Waals surface area contributed by atoms with Crippen LogP contribution in [-0.4, -0.2) is 4.98 Å². The summed E-state index contributed by atoms with van der Waals surface area (Å²) >= 11 is 13.5. The Kier molecular flexibility index (Phi) is 3.74. The van der Waals surface area contributed by atoms with Gasteiger partial charge >= 0.3 is 0 Å². The zero-order chi connectivity index (χ0) is 14.1. The van der Waals surface area contributed by atoms with E-state index in [2.05, 4.69) is 4.98 Å². The van der Waals surface area contributed by atoms with Crippen LogP contribution in [0.5, 0.6) is 0 Å². The highest BCUT2D eigenvalue weighted by molar-refractivity contribution is 7.99. The molecular formula is C15H10Cl2N2S. The quantitative estimate of drug-likeness (QED) is 0.653. The number of benzene rings is 2. The molecule has 0 fully saturated rings. The van der Waals surface area contributed by atoms with Gasteiger partial charge in [0.05, 0.1) is 21.2 Å². The summed E-state index contributed by atoms with van der Waals surface area (Å²) in [5.41, 5.74) is 7.84. The lowest BCUT2D eigenvalue weighted by atomic mass is 10.2. The van der Waals surface area contributed by atoms with Crippen molar-refractivity contribution in [1.29, 1.82) is 0 Å². The van der Waals surface area contributed by atoms with Gasteiger partial charge in [0.2, 0.25) is 0 Å². The monoisotopic (exact) mass is 320 g/mol. The van der Waals surface area contributed by atoms with Crippen LogP contribution in [0.3, 0.4) is 0 Å². The van der Waals surface area contributed by atoms with E-state index in [0.29, 0.717) is 10.0 Å². The van der Waals surface area contributed by atoms with Crippen LogP contribution in [0, 0.1) is 0 Å². The van der Waals surface area contributed by atoms with Crippen molar-refractivity contribution in [2.75, 3.05) is 5.73 Å². The Labute approximate surface area is 130 Å². The van der Waals surface area contributed by atoms with Crippen LogP contribution < -0.4 is 5.73 Å². The normalized spacial score (nSPS) is 10.9. The summed E-state index contributed by atoms with van der Waals surface area (Å²) in [7, 11) is 0. The van der Waals surface area contributed by atoms with E-state index >= 15 is 0 Å². The third-order valence-electron chi connectivity index (χ3n) is 2.91. The molecule has 0 saturated carbocycles. The molecule has 3 aromatic rings. The molecule has 0 aliphatic carbocycles. The Morgan fingerprint density at radius 3 is 2.65 bits per heavy atom. The molecule has 1 heterocycles. The summed E-state index contributed by atoms with van der Waals surface area (Å²) in [5, 5.41) is 2.04. The Hall–Kier alpha value is -1.42. The number of hydrogen-bond acceptors (Lipinski definition) is 3. The minimum Gasteiger partial charge on any atom is -0.397 e. The zero-order valence-electron chi connectivity index (χ0n) is 10.3. The van der Waals surface area contributed by atoms with Gasteiger partial charge in [-0.15, -0.1) is 0 Å². The Morgan fingerprint density at radius 2 is 1.85 bits per heavy atom. The molecule has 2 nitrogen and oxygen atoms in total. The lowest BCUT2D eigenvalue weighted by Crippen LogP contribution is -1.91. The van der Waals surface area contributed by atoms with Crippen molar-refractivity contribution in [3.63, 3.8) is 0 Å². The Morgan fingerprint density at radius 1 is 1.00 bits per heavy atom. The fraction of sp³-hybridized carbons (Fsp3) is 0. The summed E-state index contributed by atoms with van der Waals surface area (Å²) < 4.78 is 0. The van der Waals surface area contributed by atoms with Crippen LogP contribution in [0.4, 0.5) is 5.69 Å². The Balaban J connectivity index is 2.02. The first-order valence-corrected chi connectivity index (χ1v) is 7.48. The first-order chi connectivity index (χ1) is 9.65. The number of hydrogen-bond donors (Lipinski definition) is 1. The molecule has 1 aromatic heterocycles. The number of nitrogens with zero attached hydrogens (tertiary/aromatic N) is 1. The second-order valence-electron chi connectivity index (χ2n) is 4.23. The van der Waals surface area contributed by atoms with Gasteiger partial charge in [-0.2, -0.15) is 0 Å². The van der Waals surface area contributed by atoms with Crippen molar-refractivity contribution < 1.29 is 0 Å². The van der Waals surface area contributed by atoms with E-state index in [1.807, 2.05) is 36.4 Å². The van der Waals surface area contributed by atoms with Crippen molar-refractivity contribution in [3.8, 4) is 0 Å². The van der Waals surface area contributed by atoms with Crippen molar-refractivity contribution in [3.05, 3.63) is 58.7 Å². The molecule has 2 aromatic carbocycles. The number of nitrogen functional groups attached to an aromatic ring is 1. The lowest BCUT2D eigenvalue weighted by Gasteiger charge is -2.09. The molecular weight excluding hydrogens is 311 g/mol. The van der Waals surface area contributed by atoms with Gasteiger partial charge < -0.3 is 5.73 Å². The van der Waals surface area contributed by atoms with Crippen LogP contribution in [0.15, 0.2) is 58.5 Å². The lowest BCUT2D eigenvalue weighted by molar-refractivity contribution is 1.38. The Bertz CT molecular complexity index is 790. The molecule has 100 valence electrons. The summed E-state index contributed by atoms with van der Waals surface area (Å²) in [6, 6.07) is 13.3. The third kappa shape index (κ3) is 2.57. The molecule has 0 unspecified atom stereocenters. The molecule has 0 aliphatic heterocycles. The molecule has 3 rings (SSSR count). The minimum absolute atomic E-state index is 0.540. The maximum atomic E-state index is 6.21. The summed E-state index contributed by atoms with van der Waals surface area (Å²) in [4.78, 5) is 6.26. The van der Waals surface area contributed by atoms with Crippen LogP contribution in [-0.2, 0) is 0 Å². The topological polar surface area (TPSA) is 38.9 Å². The van der Waals surface area contributed by atoms with E-state index < -0.39 is 0 Å². The predicted molar refractivity (Wildman–Crippen MR) is 86.7 cm³/mol. The number of halogens is 2. The molecule has 0 amide bonds. The minimum atomic E-state index is 0.540. The maximum Gasteiger partial charge on any atom is 0.0723 e. The number of anilines is 1. The second-order valence-corrected chi connectivity index (χ2v) is 6.16. The summed E-state index contributed by atoms with van der Waals surface area (Å²) in [5.74, 6) is 0. The molecule has 0 radical (unpaired) electrons. The molecule has 0 bridgehead atoms. The first-order valence-electron chi connectivity index (χ1n) is 5.91. The predicted octanol–water partition coefficient (Wildman–Crippen LogP) is 5.28. The van der Waals surface area contributed by atoms with E-state index in [0.717, 1.165) is 26.4 Å². The smallest absolute Gasteiger partial charge is 0.0723 e. The molecule has 20 heavy (non-hydrogen) atoms. The number of nitrogens with two attached hydrogens (primary N) is 1. The fourth-order valence-electron chi connectivity index (χ4n) is 1.91. The van der Waals surface area contributed by atoms with Crippen LogP contribution in [0.1, 0.15) is 0 Å². The van der Waals surface area contributed by atoms with Crippen LogP contribution in [0.25, 0.3) is 10.9 Å². The van der Waals surface area contributed by atoms with Gasteiger partial charge in [-0.3, -0.25) is 4.98 Å². The van der Waals surface area contributed by atoms with Gasteiger partial charge in [0.1, 0.15) is 0 Å². The molecule has 5 heteroatoms. The average molecular weight is 321 g/mol. The van der Waals surface area contributed by atoms with E-state index in [-0.39, 0.29) is 0 Å². The van der Waals surface area contributed by atoms with Crippen LogP contribution in [0.2, 0.25) is 10.0 Å². The molecule has 0 spiro atoms. The third-order valence-corrected chi connectivity index (χ3v) is 4.71. The van der Waals surface area contributed by atoms with Gasteiger partial charge in [-0.05, 0) is 42.5 Å². The first kappa shape index (κ1) is 13.6. The summed E-state index contributed by atoms with van der Waals surface area (Å²) in [6.07, 6.45) is 1.76. The number of rotatable bonds is 2. The van der Waals surface area contributed by atoms with Crippen molar-refractivity contribution in [2.45, 2.75) is 9.79 Å². The van der Waals surface area contributed by atoms with Crippen molar-refractivity contribution in [2.24, 2.45) is 0 Å². The number of fused-ring (bicyclic) bond motifs is 1. The van der Waals surface area contributed by atoms with Crippen LogP contribution >= 0.6 is 35.0 Å². The van der Waals surface area contributed by atoms with E-state index in [4.69, 9.17) is 28.9 Å². The fourth-order valence-corrected chi connectivity index (χ4v) is 3.20. The van der Waals surface area contributed by atoms with E-state index in [1.54, 1.807) is 24.0 Å². The molecule has 0 aliphatic rings. The highest BCUT2D eigenvalue weighted by Gasteiger charge is 2.08. The molecule has 2 N–H and O–H groups in total. The average Bonchev–Trinajstić information content (AvgIpc) is 2.46. The number of pyridine rings is 1. The molecule has 0 atom stereocenters. The highest BCUT2D eigenvalue weighted by atomic mass is 35.5. The van der Waals surface area contributed by atoms with Gasteiger partial charge in [0.15, 0.2) is 0 Å². The summed E-state index contributed by atoms with van der Waals surface area (Å²) in [6.45, 7) is 0.